The number of carbonyl (C=O) groups is 1. The predicted octanol–water partition coefficient (Wildman–Crippen LogP) is 2.56. The smallest absolute Gasteiger partial charge is 0.271 e. The van der Waals surface area contributed by atoms with Gasteiger partial charge in [-0.15, -0.1) is 0 Å². The zero-order chi connectivity index (χ0) is 14.5. The number of nitrogens with one attached hydrogen (secondary N) is 1. The fourth-order valence-electron chi connectivity index (χ4n) is 1.66. The van der Waals surface area contributed by atoms with Gasteiger partial charge in [-0.2, -0.15) is 5.10 Å². The quantitative estimate of drug-likeness (QED) is 0.512. The molecule has 0 aliphatic rings. The molecule has 0 unspecified atom stereocenters. The maximum absolute atomic E-state index is 13.0. The summed E-state index contributed by atoms with van der Waals surface area (Å²) in [6, 6.07) is 12.6. The average molecular weight is 271 g/mol. The first-order valence-corrected chi connectivity index (χ1v) is 6.02. The van der Waals surface area contributed by atoms with Crippen LogP contribution in [-0.2, 0) is 0 Å². The minimum absolute atomic E-state index is 0.217. The number of halogens is 1. The van der Waals surface area contributed by atoms with Crippen LogP contribution in [0.5, 0.6) is 0 Å². The molecule has 4 nitrogen and oxygen atoms in total. The predicted molar refractivity (Wildman–Crippen MR) is 76.9 cm³/mol. The number of nitrogen functional groups attached to an aromatic ring is 1. The van der Waals surface area contributed by atoms with Crippen LogP contribution in [0.25, 0.3) is 0 Å². The number of anilines is 1. The van der Waals surface area contributed by atoms with E-state index in [4.69, 9.17) is 5.73 Å². The van der Waals surface area contributed by atoms with E-state index in [1.807, 2.05) is 6.07 Å². The Morgan fingerprint density at radius 3 is 2.55 bits per heavy atom. The number of benzene rings is 2. The van der Waals surface area contributed by atoms with Gasteiger partial charge in [0.15, 0.2) is 0 Å². The Balaban J connectivity index is 2.11. The van der Waals surface area contributed by atoms with E-state index in [0.717, 1.165) is 11.6 Å². The van der Waals surface area contributed by atoms with Crippen LogP contribution in [0.15, 0.2) is 53.6 Å². The summed E-state index contributed by atoms with van der Waals surface area (Å²) in [5.41, 5.74) is 10.3. The van der Waals surface area contributed by atoms with Crippen molar-refractivity contribution >= 4 is 17.3 Å². The molecule has 0 aromatic heterocycles. The molecule has 0 bridgehead atoms. The van der Waals surface area contributed by atoms with Crippen molar-refractivity contribution in [2.75, 3.05) is 5.73 Å². The molecule has 102 valence electrons. The molecule has 0 fully saturated rings. The Hall–Kier alpha value is -2.69. The molecule has 0 aliphatic heterocycles. The number of hydrogen-bond acceptors (Lipinski definition) is 3. The third-order valence-electron chi connectivity index (χ3n) is 2.72. The van der Waals surface area contributed by atoms with E-state index in [9.17, 15) is 9.18 Å². The Morgan fingerprint density at radius 2 is 1.85 bits per heavy atom. The van der Waals surface area contributed by atoms with E-state index >= 15 is 0 Å². The minimum Gasteiger partial charge on any atom is -0.399 e. The molecule has 2 aromatic rings. The van der Waals surface area contributed by atoms with Gasteiger partial charge in [0.25, 0.3) is 5.91 Å². The summed E-state index contributed by atoms with van der Waals surface area (Å²) in [6.07, 6.45) is 0. The van der Waals surface area contributed by atoms with Crippen LogP contribution >= 0.6 is 0 Å². The van der Waals surface area contributed by atoms with E-state index in [-0.39, 0.29) is 5.56 Å². The van der Waals surface area contributed by atoms with Crippen LogP contribution in [0.1, 0.15) is 22.8 Å². The Labute approximate surface area is 116 Å². The van der Waals surface area contributed by atoms with Gasteiger partial charge in [0.05, 0.1) is 5.71 Å². The molecule has 2 aromatic carbocycles. The van der Waals surface area contributed by atoms with Gasteiger partial charge in [0.1, 0.15) is 5.82 Å². The normalized spacial score (nSPS) is 11.2. The van der Waals surface area contributed by atoms with E-state index in [1.54, 1.807) is 25.1 Å². The molecule has 20 heavy (non-hydrogen) atoms. The molecule has 0 saturated heterocycles. The minimum atomic E-state index is -0.465. The van der Waals surface area contributed by atoms with Crippen molar-refractivity contribution < 1.29 is 9.18 Å². The second-order valence-electron chi connectivity index (χ2n) is 4.27. The molecule has 0 heterocycles. The lowest BCUT2D eigenvalue weighted by molar-refractivity contribution is 0.0954. The average Bonchev–Trinajstić information content (AvgIpc) is 2.44. The first kappa shape index (κ1) is 13.7. The molecule has 5 heteroatoms. The van der Waals surface area contributed by atoms with Crippen molar-refractivity contribution in [3.63, 3.8) is 0 Å². The van der Waals surface area contributed by atoms with Gasteiger partial charge in [0.2, 0.25) is 0 Å². The number of nitrogens with zero attached hydrogens (tertiary/aromatic N) is 1. The summed E-state index contributed by atoms with van der Waals surface area (Å²) >= 11 is 0. The summed E-state index contributed by atoms with van der Waals surface area (Å²) in [7, 11) is 0. The van der Waals surface area contributed by atoms with Gasteiger partial charge in [-0.1, -0.05) is 18.2 Å². The van der Waals surface area contributed by atoms with E-state index < -0.39 is 11.7 Å². The highest BCUT2D eigenvalue weighted by atomic mass is 19.1. The van der Waals surface area contributed by atoms with Gasteiger partial charge >= 0.3 is 0 Å². The lowest BCUT2D eigenvalue weighted by atomic mass is 10.1. The molecule has 0 atom stereocenters. The largest absolute Gasteiger partial charge is 0.399 e. The van der Waals surface area contributed by atoms with E-state index in [1.165, 1.54) is 18.2 Å². The van der Waals surface area contributed by atoms with Crippen molar-refractivity contribution in [1.29, 1.82) is 0 Å². The Morgan fingerprint density at radius 1 is 1.15 bits per heavy atom. The van der Waals surface area contributed by atoms with Crippen LogP contribution in [0.4, 0.5) is 10.1 Å². The van der Waals surface area contributed by atoms with Crippen LogP contribution in [0, 0.1) is 5.82 Å². The van der Waals surface area contributed by atoms with Gasteiger partial charge < -0.3 is 5.73 Å². The summed E-state index contributed by atoms with van der Waals surface area (Å²) in [6.45, 7) is 1.75. The lowest BCUT2D eigenvalue weighted by Crippen LogP contribution is -2.19. The number of hydrazone groups is 1. The second-order valence-corrected chi connectivity index (χ2v) is 4.27. The molecule has 0 saturated carbocycles. The topological polar surface area (TPSA) is 67.5 Å². The second kappa shape index (κ2) is 5.97. The molecule has 0 spiro atoms. The van der Waals surface area contributed by atoms with Crippen LogP contribution in [-0.4, -0.2) is 11.6 Å². The van der Waals surface area contributed by atoms with Crippen molar-refractivity contribution in [3.05, 3.63) is 65.5 Å². The maximum Gasteiger partial charge on any atom is 0.271 e. The van der Waals surface area contributed by atoms with Gasteiger partial charge in [-0.25, -0.2) is 9.82 Å². The third-order valence-corrected chi connectivity index (χ3v) is 2.72. The third kappa shape index (κ3) is 3.41. The number of amides is 1. The number of hydrogen-bond donors (Lipinski definition) is 2. The van der Waals surface area contributed by atoms with Crippen molar-refractivity contribution in [2.24, 2.45) is 5.10 Å². The number of nitrogens with two attached hydrogens (primary N) is 1. The zero-order valence-corrected chi connectivity index (χ0v) is 10.9. The highest BCUT2D eigenvalue weighted by molar-refractivity contribution is 6.01. The highest BCUT2D eigenvalue weighted by Crippen LogP contribution is 2.08. The van der Waals surface area contributed by atoms with E-state index in [2.05, 4.69) is 10.5 Å². The molecule has 2 rings (SSSR count). The Bertz CT molecular complexity index is 668. The summed E-state index contributed by atoms with van der Waals surface area (Å²) in [5.74, 6) is -0.929. The molecule has 1 amide bonds. The molecular formula is C15H14FN3O. The lowest BCUT2D eigenvalue weighted by Gasteiger charge is -2.04. The monoisotopic (exact) mass is 271 g/mol. The van der Waals surface area contributed by atoms with Crippen molar-refractivity contribution in [2.45, 2.75) is 6.92 Å². The fourth-order valence-corrected chi connectivity index (χ4v) is 1.66. The first-order chi connectivity index (χ1) is 9.56. The zero-order valence-electron chi connectivity index (χ0n) is 10.9. The van der Waals surface area contributed by atoms with Crippen LogP contribution in [0.2, 0.25) is 0 Å². The van der Waals surface area contributed by atoms with Gasteiger partial charge in [-0.05, 0) is 42.8 Å². The number of rotatable bonds is 3. The number of carbonyl (C=O) groups excluding carboxylic acids is 1. The van der Waals surface area contributed by atoms with Crippen molar-refractivity contribution in [3.8, 4) is 0 Å². The van der Waals surface area contributed by atoms with Gasteiger partial charge in [-0.3, -0.25) is 4.79 Å². The molecular weight excluding hydrogens is 257 g/mol. The first-order valence-electron chi connectivity index (χ1n) is 6.02. The summed E-state index contributed by atoms with van der Waals surface area (Å²) in [5, 5.41) is 3.98. The standard InChI is InChI=1S/C15H14FN3O/c1-10(11-4-3-7-14(17)9-11)18-19-15(20)12-5-2-6-13(16)8-12/h2-9H,17H2,1H3,(H,19,20)/b18-10+. The fraction of sp³-hybridized carbons (Fsp3) is 0.0667. The van der Waals surface area contributed by atoms with Crippen LogP contribution in [0.3, 0.4) is 0 Å². The van der Waals surface area contributed by atoms with Crippen molar-refractivity contribution in [1.82, 2.24) is 5.43 Å². The summed E-state index contributed by atoms with van der Waals surface area (Å²) in [4.78, 5) is 11.8. The molecule has 0 aliphatic carbocycles. The maximum atomic E-state index is 13.0. The highest BCUT2D eigenvalue weighted by Gasteiger charge is 2.05. The van der Waals surface area contributed by atoms with Crippen LogP contribution < -0.4 is 11.2 Å². The molecule has 3 N–H and O–H groups in total. The SMILES string of the molecule is C/C(=N\NC(=O)c1cccc(F)c1)c1cccc(N)c1. The Kier molecular flexibility index (Phi) is 4.10. The van der Waals surface area contributed by atoms with Gasteiger partial charge in [0, 0.05) is 11.3 Å². The van der Waals surface area contributed by atoms with E-state index in [0.29, 0.717) is 11.4 Å². The molecule has 0 radical (unpaired) electrons. The summed E-state index contributed by atoms with van der Waals surface area (Å²) < 4.78 is 13.0.